The summed E-state index contributed by atoms with van der Waals surface area (Å²) in [5.41, 5.74) is 5.61. The third kappa shape index (κ3) is 2.17. The van der Waals surface area contributed by atoms with Gasteiger partial charge in [0.2, 0.25) is 0 Å². The van der Waals surface area contributed by atoms with E-state index in [0.29, 0.717) is 5.92 Å². The minimum Gasteiger partial charge on any atom is -0.394 e. The van der Waals surface area contributed by atoms with Gasteiger partial charge in [0.15, 0.2) is 0 Å². The highest BCUT2D eigenvalue weighted by atomic mass is 16.3. The van der Waals surface area contributed by atoms with Crippen molar-refractivity contribution in [3.8, 4) is 0 Å². The first-order valence-corrected chi connectivity index (χ1v) is 4.56. The van der Waals surface area contributed by atoms with Gasteiger partial charge in [-0.3, -0.25) is 0 Å². The van der Waals surface area contributed by atoms with Gasteiger partial charge in [-0.15, -0.1) is 0 Å². The van der Waals surface area contributed by atoms with Crippen LogP contribution in [0.3, 0.4) is 0 Å². The highest BCUT2D eigenvalue weighted by Gasteiger charge is 2.30. The molecule has 2 heteroatoms. The number of hydrogen-bond donors (Lipinski definition) is 2. The second kappa shape index (κ2) is 3.55. The molecule has 0 aromatic rings. The zero-order chi connectivity index (χ0) is 8.32. The minimum absolute atomic E-state index is 0.123. The molecule has 3 N–H and O–H groups in total. The molecule has 1 atom stereocenters. The van der Waals surface area contributed by atoms with Gasteiger partial charge in [-0.05, 0) is 25.7 Å². The van der Waals surface area contributed by atoms with Crippen molar-refractivity contribution < 1.29 is 5.11 Å². The van der Waals surface area contributed by atoms with Crippen LogP contribution in [-0.4, -0.2) is 17.3 Å². The van der Waals surface area contributed by atoms with Gasteiger partial charge in [-0.25, -0.2) is 0 Å². The maximum atomic E-state index is 9.02. The number of nitrogens with two attached hydrogens (primary N) is 1. The van der Waals surface area contributed by atoms with E-state index in [9.17, 15) is 0 Å². The molecular weight excluding hydrogens is 138 g/mol. The zero-order valence-electron chi connectivity index (χ0n) is 7.34. The molecule has 0 aliphatic heterocycles. The molecule has 1 rings (SSSR count). The number of rotatable bonds is 2. The fourth-order valence-electron chi connectivity index (χ4n) is 1.89. The van der Waals surface area contributed by atoms with E-state index in [1.807, 2.05) is 6.92 Å². The summed E-state index contributed by atoms with van der Waals surface area (Å²) >= 11 is 0. The molecule has 11 heavy (non-hydrogen) atoms. The molecule has 0 saturated heterocycles. The Morgan fingerprint density at radius 3 is 2.36 bits per heavy atom. The van der Waals surface area contributed by atoms with Crippen LogP contribution in [0, 0.1) is 5.92 Å². The summed E-state index contributed by atoms with van der Waals surface area (Å²) in [6, 6.07) is 0. The van der Waals surface area contributed by atoms with Crippen LogP contribution >= 0.6 is 0 Å². The van der Waals surface area contributed by atoms with Crippen LogP contribution in [0.4, 0.5) is 0 Å². The minimum atomic E-state index is -0.333. The largest absolute Gasteiger partial charge is 0.394 e. The predicted octanol–water partition coefficient (Wildman–Crippen LogP) is 1.28. The van der Waals surface area contributed by atoms with Gasteiger partial charge in [-0.2, -0.15) is 0 Å². The summed E-state index contributed by atoms with van der Waals surface area (Å²) in [5, 5.41) is 9.02. The first-order valence-electron chi connectivity index (χ1n) is 4.56. The Hall–Kier alpha value is -0.0800. The molecule has 0 bridgehead atoms. The van der Waals surface area contributed by atoms with Crippen molar-refractivity contribution in [3.05, 3.63) is 0 Å². The first-order chi connectivity index (χ1) is 5.17. The Morgan fingerprint density at radius 2 is 1.91 bits per heavy atom. The van der Waals surface area contributed by atoms with Crippen LogP contribution in [0.5, 0.6) is 0 Å². The highest BCUT2D eigenvalue weighted by molar-refractivity contribution is 4.87. The molecule has 1 saturated carbocycles. The Kier molecular flexibility index (Phi) is 2.90. The Morgan fingerprint density at radius 1 is 1.36 bits per heavy atom. The number of aliphatic hydroxyl groups excluding tert-OH is 1. The van der Waals surface area contributed by atoms with E-state index >= 15 is 0 Å². The lowest BCUT2D eigenvalue weighted by atomic mass is 9.77. The Balaban J connectivity index is 2.43. The molecule has 0 amide bonds. The van der Waals surface area contributed by atoms with Crippen molar-refractivity contribution in [2.75, 3.05) is 6.61 Å². The van der Waals surface area contributed by atoms with Gasteiger partial charge in [0.05, 0.1) is 6.61 Å². The molecule has 1 aliphatic rings. The van der Waals surface area contributed by atoms with Crippen LogP contribution in [0.1, 0.15) is 39.0 Å². The topological polar surface area (TPSA) is 46.2 Å². The van der Waals surface area contributed by atoms with Crippen LogP contribution in [0.25, 0.3) is 0 Å². The number of hydrogen-bond acceptors (Lipinski definition) is 2. The maximum absolute atomic E-state index is 9.02. The second-order valence-electron chi connectivity index (χ2n) is 4.00. The van der Waals surface area contributed by atoms with Crippen LogP contribution in [0.2, 0.25) is 0 Å². The molecule has 0 heterocycles. The molecule has 0 aromatic heterocycles. The molecule has 0 radical (unpaired) electrons. The summed E-state index contributed by atoms with van der Waals surface area (Å²) in [4.78, 5) is 0. The lowest BCUT2D eigenvalue weighted by Gasteiger charge is -2.35. The molecule has 2 nitrogen and oxygen atoms in total. The zero-order valence-corrected chi connectivity index (χ0v) is 7.34. The monoisotopic (exact) mass is 157 g/mol. The molecule has 0 spiro atoms. The second-order valence-corrected chi connectivity index (χ2v) is 4.00. The summed E-state index contributed by atoms with van der Waals surface area (Å²) in [7, 11) is 0. The van der Waals surface area contributed by atoms with Crippen molar-refractivity contribution >= 4 is 0 Å². The summed E-state index contributed by atoms with van der Waals surface area (Å²) in [6.07, 6.45) is 6.33. The van der Waals surface area contributed by atoms with Gasteiger partial charge in [0, 0.05) is 5.54 Å². The fraction of sp³-hybridized carbons (Fsp3) is 1.00. The summed E-state index contributed by atoms with van der Waals surface area (Å²) in [5.74, 6) is 0.543. The summed E-state index contributed by atoms with van der Waals surface area (Å²) < 4.78 is 0. The van der Waals surface area contributed by atoms with Crippen molar-refractivity contribution in [1.82, 2.24) is 0 Å². The maximum Gasteiger partial charge on any atom is 0.0611 e. The normalized spacial score (nSPS) is 26.5. The van der Waals surface area contributed by atoms with E-state index in [1.165, 1.54) is 32.1 Å². The van der Waals surface area contributed by atoms with E-state index in [-0.39, 0.29) is 12.1 Å². The smallest absolute Gasteiger partial charge is 0.0611 e. The molecule has 66 valence electrons. The van der Waals surface area contributed by atoms with E-state index in [4.69, 9.17) is 10.8 Å². The quantitative estimate of drug-likeness (QED) is 0.634. The SMILES string of the molecule is C[C@@](N)(CO)C1CCCCC1. The molecule has 0 unspecified atom stereocenters. The molecular formula is C9H19NO. The predicted molar refractivity (Wildman–Crippen MR) is 46.3 cm³/mol. The van der Waals surface area contributed by atoms with Crippen LogP contribution in [0.15, 0.2) is 0 Å². The van der Waals surface area contributed by atoms with E-state index in [1.54, 1.807) is 0 Å². The molecule has 1 aliphatic carbocycles. The highest BCUT2D eigenvalue weighted by Crippen LogP contribution is 2.30. The van der Waals surface area contributed by atoms with Gasteiger partial charge >= 0.3 is 0 Å². The molecule has 0 aromatic carbocycles. The van der Waals surface area contributed by atoms with Crippen LogP contribution in [-0.2, 0) is 0 Å². The lowest BCUT2D eigenvalue weighted by Crippen LogP contribution is -2.48. The summed E-state index contributed by atoms with van der Waals surface area (Å²) in [6.45, 7) is 2.08. The van der Waals surface area contributed by atoms with E-state index < -0.39 is 0 Å². The first kappa shape index (κ1) is 9.01. The van der Waals surface area contributed by atoms with Crippen molar-refractivity contribution in [1.29, 1.82) is 0 Å². The van der Waals surface area contributed by atoms with Gasteiger partial charge in [-0.1, -0.05) is 19.3 Å². The molecule has 1 fully saturated rings. The van der Waals surface area contributed by atoms with E-state index in [0.717, 1.165) is 0 Å². The fourth-order valence-corrected chi connectivity index (χ4v) is 1.89. The van der Waals surface area contributed by atoms with Crippen LogP contribution < -0.4 is 5.73 Å². The van der Waals surface area contributed by atoms with Crippen molar-refractivity contribution in [2.24, 2.45) is 11.7 Å². The standard InChI is InChI=1S/C9H19NO/c1-9(10,7-11)8-5-3-2-4-6-8/h8,11H,2-7,10H2,1H3/t9-/m1/s1. The van der Waals surface area contributed by atoms with Crippen molar-refractivity contribution in [3.63, 3.8) is 0 Å². The van der Waals surface area contributed by atoms with Crippen molar-refractivity contribution in [2.45, 2.75) is 44.6 Å². The lowest BCUT2D eigenvalue weighted by molar-refractivity contribution is 0.128. The van der Waals surface area contributed by atoms with E-state index in [2.05, 4.69) is 0 Å². The number of aliphatic hydroxyl groups is 1. The van der Waals surface area contributed by atoms with Gasteiger partial charge in [0.25, 0.3) is 0 Å². The Bertz CT molecular complexity index is 117. The average molecular weight is 157 g/mol. The average Bonchev–Trinajstić information content (AvgIpc) is 2.06. The third-order valence-corrected chi connectivity index (χ3v) is 2.88. The van der Waals surface area contributed by atoms with Gasteiger partial charge < -0.3 is 10.8 Å². The third-order valence-electron chi connectivity index (χ3n) is 2.88. The Labute approximate surface area is 68.8 Å². The van der Waals surface area contributed by atoms with Gasteiger partial charge in [0.1, 0.15) is 0 Å².